The minimum atomic E-state index is -0.783. The van der Waals surface area contributed by atoms with Crippen molar-refractivity contribution in [2.24, 2.45) is 0 Å². The maximum absolute atomic E-state index is 6.15. The number of fused-ring (bicyclic) bond motifs is 1. The van der Waals surface area contributed by atoms with Crippen molar-refractivity contribution >= 4 is 40.4 Å². The summed E-state index contributed by atoms with van der Waals surface area (Å²) in [6, 6.07) is 1.85. The van der Waals surface area contributed by atoms with E-state index in [1.807, 2.05) is 6.07 Å². The third-order valence-corrected chi connectivity index (χ3v) is 3.05. The number of hydrogen-bond acceptors (Lipinski definition) is 3. The van der Waals surface area contributed by atoms with E-state index in [9.17, 15) is 0 Å². The van der Waals surface area contributed by atoms with Crippen LogP contribution in [0.4, 0.5) is 0 Å². The molecule has 2 aromatic rings. The zero-order valence-corrected chi connectivity index (χ0v) is 11.8. The number of aromatic nitrogens is 4. The summed E-state index contributed by atoms with van der Waals surface area (Å²) in [5, 5.41) is 12.5. The molecule has 4 nitrogen and oxygen atoms in total. The summed E-state index contributed by atoms with van der Waals surface area (Å²) in [5.41, 5.74) is 1.38. The molecule has 0 aliphatic rings. The van der Waals surface area contributed by atoms with Gasteiger partial charge in [0, 0.05) is 5.56 Å². The Morgan fingerprint density at radius 2 is 1.88 bits per heavy atom. The molecule has 0 bridgehead atoms. The molecule has 0 fully saturated rings. The molecule has 2 heterocycles. The molecule has 0 unspecified atom stereocenters. The molecule has 0 radical (unpaired) electrons. The van der Waals surface area contributed by atoms with E-state index in [-0.39, 0.29) is 5.41 Å². The molecule has 0 aliphatic heterocycles. The molecule has 0 spiro atoms. The molecule has 92 valence electrons. The minimum absolute atomic E-state index is 0.112. The molecule has 0 N–H and O–H groups in total. The zero-order valence-electron chi connectivity index (χ0n) is 9.58. The van der Waals surface area contributed by atoms with Crippen LogP contribution >= 0.6 is 34.8 Å². The van der Waals surface area contributed by atoms with Crippen LogP contribution in [-0.4, -0.2) is 19.8 Å². The number of hydrogen-bond donors (Lipinski definition) is 0. The van der Waals surface area contributed by atoms with Crippen molar-refractivity contribution in [3.8, 4) is 0 Å². The van der Waals surface area contributed by atoms with Crippen LogP contribution in [-0.2, 0) is 5.41 Å². The van der Waals surface area contributed by atoms with Gasteiger partial charge < -0.3 is 0 Å². The van der Waals surface area contributed by atoms with Crippen LogP contribution in [0, 0.1) is 0 Å². The lowest BCUT2D eigenvalue weighted by Crippen LogP contribution is -2.14. The lowest BCUT2D eigenvalue weighted by molar-refractivity contribution is 0.584. The Hall–Kier alpha value is -0.580. The largest absolute Gasteiger partial charge is 0.193 e. The maximum Gasteiger partial charge on any atom is 0.187 e. The van der Waals surface area contributed by atoms with Crippen molar-refractivity contribution < 1.29 is 0 Å². The van der Waals surface area contributed by atoms with Crippen molar-refractivity contribution in [2.75, 3.05) is 0 Å². The predicted octanol–water partition coefficient (Wildman–Crippen LogP) is 3.55. The van der Waals surface area contributed by atoms with Crippen LogP contribution in [0.3, 0.4) is 0 Å². The van der Waals surface area contributed by atoms with Gasteiger partial charge >= 0.3 is 0 Å². The summed E-state index contributed by atoms with van der Waals surface area (Å²) in [7, 11) is 0. The van der Waals surface area contributed by atoms with E-state index in [4.69, 9.17) is 34.8 Å². The van der Waals surface area contributed by atoms with Gasteiger partial charge in [0.1, 0.15) is 0 Å². The van der Waals surface area contributed by atoms with Crippen LogP contribution in [0.25, 0.3) is 5.65 Å². The van der Waals surface area contributed by atoms with Gasteiger partial charge in [0.15, 0.2) is 21.5 Å². The fraction of sp³-hybridized carbons (Fsp3) is 0.500. The van der Waals surface area contributed by atoms with E-state index in [2.05, 4.69) is 36.1 Å². The first-order valence-electron chi connectivity index (χ1n) is 5.01. The molecule has 0 saturated heterocycles. The van der Waals surface area contributed by atoms with Crippen molar-refractivity contribution in [3.05, 3.63) is 22.6 Å². The average Bonchev–Trinajstić information content (AvgIpc) is 2.57. The first kappa shape index (κ1) is 12.9. The van der Waals surface area contributed by atoms with Gasteiger partial charge in [-0.2, -0.15) is 9.61 Å². The Bertz CT molecular complexity index is 556. The van der Waals surface area contributed by atoms with Crippen LogP contribution in [0.2, 0.25) is 5.15 Å². The molecule has 0 aliphatic carbocycles. The normalized spacial score (nSPS) is 12.6. The standard InChI is InChI=1S/C10H11Cl3N4/c1-10(2,3)5-4-6-14-15-9(7(11)12)17(6)16-8(5)13/h4,7H,1-3H3. The molecule has 7 heteroatoms. The van der Waals surface area contributed by atoms with E-state index in [0.29, 0.717) is 16.6 Å². The van der Waals surface area contributed by atoms with Crippen molar-refractivity contribution in [1.82, 2.24) is 19.8 Å². The Balaban J connectivity index is 2.69. The van der Waals surface area contributed by atoms with Crippen molar-refractivity contribution in [3.63, 3.8) is 0 Å². The fourth-order valence-electron chi connectivity index (χ4n) is 1.49. The highest BCUT2D eigenvalue weighted by Gasteiger charge is 2.22. The molecule has 17 heavy (non-hydrogen) atoms. The summed E-state index contributed by atoms with van der Waals surface area (Å²) in [4.78, 5) is -0.783. The molecule has 0 saturated carbocycles. The van der Waals surface area contributed by atoms with Crippen molar-refractivity contribution in [1.29, 1.82) is 0 Å². The zero-order chi connectivity index (χ0) is 12.8. The average molecular weight is 294 g/mol. The second kappa shape index (κ2) is 4.26. The molecule has 0 aromatic carbocycles. The monoisotopic (exact) mass is 292 g/mol. The Morgan fingerprint density at radius 1 is 1.24 bits per heavy atom. The van der Waals surface area contributed by atoms with Crippen LogP contribution < -0.4 is 0 Å². The van der Waals surface area contributed by atoms with Crippen LogP contribution in [0.1, 0.15) is 37.0 Å². The number of alkyl halides is 2. The van der Waals surface area contributed by atoms with E-state index >= 15 is 0 Å². The molecule has 0 atom stereocenters. The summed E-state index contributed by atoms with van der Waals surface area (Å²) in [5.74, 6) is 0.366. The second-order valence-electron chi connectivity index (χ2n) is 4.73. The van der Waals surface area contributed by atoms with Crippen LogP contribution in [0.15, 0.2) is 6.07 Å². The van der Waals surface area contributed by atoms with E-state index in [1.54, 1.807) is 0 Å². The van der Waals surface area contributed by atoms with Crippen LogP contribution in [0.5, 0.6) is 0 Å². The molecular formula is C10H11Cl3N4. The first-order chi connectivity index (χ1) is 7.80. The SMILES string of the molecule is CC(C)(C)c1cc2nnc(C(Cl)Cl)n2nc1Cl. The number of nitrogens with zero attached hydrogens (tertiary/aromatic N) is 4. The quantitative estimate of drug-likeness (QED) is 0.755. The van der Waals surface area contributed by atoms with E-state index in [1.165, 1.54) is 4.52 Å². The third kappa shape index (κ3) is 2.34. The first-order valence-corrected chi connectivity index (χ1v) is 6.26. The Kier molecular flexibility index (Phi) is 3.23. The predicted molar refractivity (Wildman–Crippen MR) is 68.9 cm³/mol. The smallest absolute Gasteiger partial charge is 0.187 e. The summed E-state index contributed by atoms with van der Waals surface area (Å²) < 4.78 is 1.46. The Labute approximate surface area is 114 Å². The highest BCUT2D eigenvalue weighted by atomic mass is 35.5. The van der Waals surface area contributed by atoms with Gasteiger partial charge in [-0.1, -0.05) is 55.6 Å². The second-order valence-corrected chi connectivity index (χ2v) is 6.18. The van der Waals surface area contributed by atoms with Gasteiger partial charge in [-0.3, -0.25) is 0 Å². The fourth-order valence-corrected chi connectivity index (χ4v) is 2.18. The van der Waals surface area contributed by atoms with Gasteiger partial charge in [0.05, 0.1) is 0 Å². The lowest BCUT2D eigenvalue weighted by Gasteiger charge is -2.19. The lowest BCUT2D eigenvalue weighted by atomic mass is 9.88. The summed E-state index contributed by atoms with van der Waals surface area (Å²) in [6.07, 6.45) is 0. The maximum atomic E-state index is 6.15. The minimum Gasteiger partial charge on any atom is -0.193 e. The highest BCUT2D eigenvalue weighted by Crippen LogP contribution is 2.30. The molecule has 0 amide bonds. The van der Waals surface area contributed by atoms with Gasteiger partial charge in [-0.05, 0) is 11.5 Å². The number of rotatable bonds is 1. The topological polar surface area (TPSA) is 43.1 Å². The van der Waals surface area contributed by atoms with Gasteiger partial charge in [-0.25, -0.2) is 0 Å². The number of halogens is 3. The molecule has 2 rings (SSSR count). The molecule has 2 aromatic heterocycles. The highest BCUT2D eigenvalue weighted by molar-refractivity contribution is 6.43. The van der Waals surface area contributed by atoms with Crippen molar-refractivity contribution in [2.45, 2.75) is 31.0 Å². The van der Waals surface area contributed by atoms with Gasteiger partial charge in [-0.15, -0.1) is 10.2 Å². The summed E-state index contributed by atoms with van der Waals surface area (Å²) in [6.45, 7) is 6.15. The summed E-state index contributed by atoms with van der Waals surface area (Å²) >= 11 is 17.7. The van der Waals surface area contributed by atoms with E-state index in [0.717, 1.165) is 5.56 Å². The van der Waals surface area contributed by atoms with Gasteiger partial charge in [0.25, 0.3) is 0 Å². The van der Waals surface area contributed by atoms with Gasteiger partial charge in [0.2, 0.25) is 0 Å². The molecular weight excluding hydrogens is 282 g/mol. The van der Waals surface area contributed by atoms with E-state index < -0.39 is 4.84 Å². The Morgan fingerprint density at radius 3 is 2.41 bits per heavy atom. The third-order valence-electron chi connectivity index (χ3n) is 2.38.